The van der Waals surface area contributed by atoms with E-state index in [9.17, 15) is 4.39 Å². The van der Waals surface area contributed by atoms with Crippen molar-refractivity contribution in [3.63, 3.8) is 0 Å². The van der Waals surface area contributed by atoms with Crippen LogP contribution in [0.2, 0.25) is 5.02 Å². The summed E-state index contributed by atoms with van der Waals surface area (Å²) in [6.45, 7) is 4.59. The minimum absolute atomic E-state index is 0.287. The van der Waals surface area contributed by atoms with Crippen LogP contribution in [0, 0.1) is 17.2 Å². The van der Waals surface area contributed by atoms with Crippen molar-refractivity contribution >= 4 is 11.6 Å². The van der Waals surface area contributed by atoms with Crippen molar-refractivity contribution in [1.82, 2.24) is 5.32 Å². The van der Waals surface area contributed by atoms with Crippen LogP contribution in [0.25, 0.3) is 0 Å². The molecule has 1 fully saturated rings. The van der Waals surface area contributed by atoms with Gasteiger partial charge in [-0.1, -0.05) is 50.4 Å². The molecule has 1 atom stereocenters. The number of halogens is 2. The first-order valence-electron chi connectivity index (χ1n) is 8.08. The van der Waals surface area contributed by atoms with Gasteiger partial charge >= 0.3 is 0 Å². The molecule has 3 heteroatoms. The molecule has 1 aromatic carbocycles. The molecule has 0 aliphatic heterocycles. The van der Waals surface area contributed by atoms with Gasteiger partial charge in [0, 0.05) is 6.04 Å². The lowest BCUT2D eigenvalue weighted by molar-refractivity contribution is 0.160. The van der Waals surface area contributed by atoms with Crippen LogP contribution in [0.3, 0.4) is 0 Å². The van der Waals surface area contributed by atoms with E-state index in [1.807, 2.05) is 13.1 Å². The van der Waals surface area contributed by atoms with Crippen LogP contribution in [-0.2, 0) is 6.42 Å². The summed E-state index contributed by atoms with van der Waals surface area (Å²) in [6, 6.07) is 5.50. The van der Waals surface area contributed by atoms with E-state index >= 15 is 0 Å². The highest BCUT2D eigenvalue weighted by atomic mass is 35.5. The number of hydrogen-bond acceptors (Lipinski definition) is 1. The second-order valence-corrected chi connectivity index (χ2v) is 7.30. The van der Waals surface area contributed by atoms with Crippen LogP contribution in [0.5, 0.6) is 0 Å². The van der Waals surface area contributed by atoms with E-state index in [4.69, 9.17) is 11.6 Å². The van der Waals surface area contributed by atoms with Crippen molar-refractivity contribution in [1.29, 1.82) is 0 Å². The lowest BCUT2D eigenvalue weighted by Gasteiger charge is -2.39. The van der Waals surface area contributed by atoms with Gasteiger partial charge in [-0.3, -0.25) is 0 Å². The molecule has 118 valence electrons. The summed E-state index contributed by atoms with van der Waals surface area (Å²) in [4.78, 5) is 0. The SMILES string of the molecule is CNC(Cc1cccc(F)c1Cl)C1(CC(C)C)CCCC1. The van der Waals surface area contributed by atoms with Gasteiger partial charge in [0.05, 0.1) is 5.02 Å². The van der Waals surface area contributed by atoms with Gasteiger partial charge in [-0.25, -0.2) is 4.39 Å². The van der Waals surface area contributed by atoms with Crippen molar-refractivity contribution in [2.45, 2.75) is 58.4 Å². The van der Waals surface area contributed by atoms with Crippen LogP contribution in [0.1, 0.15) is 51.5 Å². The number of likely N-dealkylation sites (N-methyl/N-ethyl adjacent to an activating group) is 1. The standard InChI is InChI=1S/C18H27ClFN/c1-13(2)12-18(9-4-5-10-18)16(21-3)11-14-7-6-8-15(20)17(14)19/h6-8,13,16,21H,4-5,9-12H2,1-3H3. The lowest BCUT2D eigenvalue weighted by atomic mass is 9.71. The third-order valence-electron chi connectivity index (χ3n) is 4.96. The Morgan fingerprint density at radius 3 is 2.52 bits per heavy atom. The van der Waals surface area contributed by atoms with Crippen molar-refractivity contribution in [2.75, 3.05) is 7.05 Å². The first-order valence-corrected chi connectivity index (χ1v) is 8.46. The number of hydrogen-bond donors (Lipinski definition) is 1. The highest BCUT2D eigenvalue weighted by Gasteiger charge is 2.41. The number of rotatable bonds is 6. The Morgan fingerprint density at radius 2 is 1.95 bits per heavy atom. The molecule has 0 aromatic heterocycles. The Hall–Kier alpha value is -0.600. The van der Waals surface area contributed by atoms with Gasteiger partial charge in [0.25, 0.3) is 0 Å². The minimum atomic E-state index is -0.312. The normalized spacial score (nSPS) is 19.1. The predicted octanol–water partition coefficient (Wildman–Crippen LogP) is 5.22. The van der Waals surface area contributed by atoms with Crippen molar-refractivity contribution in [3.8, 4) is 0 Å². The third kappa shape index (κ3) is 3.78. The second-order valence-electron chi connectivity index (χ2n) is 6.93. The molecule has 0 amide bonds. The van der Waals surface area contributed by atoms with E-state index in [0.29, 0.717) is 17.4 Å². The third-order valence-corrected chi connectivity index (χ3v) is 5.38. The molecule has 0 bridgehead atoms. The topological polar surface area (TPSA) is 12.0 Å². The van der Waals surface area contributed by atoms with Gasteiger partial charge in [-0.15, -0.1) is 0 Å². The Bertz CT molecular complexity index is 466. The summed E-state index contributed by atoms with van der Waals surface area (Å²) in [5, 5.41) is 3.79. The molecule has 1 N–H and O–H groups in total. The molecule has 1 aliphatic carbocycles. The lowest BCUT2D eigenvalue weighted by Crippen LogP contribution is -2.44. The zero-order valence-corrected chi connectivity index (χ0v) is 14.1. The van der Waals surface area contributed by atoms with E-state index in [1.54, 1.807) is 6.07 Å². The first-order chi connectivity index (χ1) is 9.98. The van der Waals surface area contributed by atoms with Crippen LogP contribution < -0.4 is 5.32 Å². The van der Waals surface area contributed by atoms with Crippen molar-refractivity contribution in [2.24, 2.45) is 11.3 Å². The van der Waals surface area contributed by atoms with E-state index in [0.717, 1.165) is 12.0 Å². The summed E-state index contributed by atoms with van der Waals surface area (Å²) in [5.74, 6) is 0.371. The fourth-order valence-electron chi connectivity index (χ4n) is 4.14. The Balaban J connectivity index is 2.23. The van der Waals surface area contributed by atoms with Crippen LogP contribution >= 0.6 is 11.6 Å². The minimum Gasteiger partial charge on any atom is -0.316 e. The summed E-state index contributed by atoms with van der Waals surface area (Å²) >= 11 is 6.15. The average molecular weight is 312 g/mol. The average Bonchev–Trinajstić information content (AvgIpc) is 2.89. The molecule has 1 aromatic rings. The summed E-state index contributed by atoms with van der Waals surface area (Å²) in [5.41, 5.74) is 1.25. The maximum atomic E-state index is 13.7. The fraction of sp³-hybridized carbons (Fsp3) is 0.667. The van der Waals surface area contributed by atoms with Crippen LogP contribution in [0.4, 0.5) is 4.39 Å². The molecule has 21 heavy (non-hydrogen) atoms. The van der Waals surface area contributed by atoms with Crippen molar-refractivity contribution in [3.05, 3.63) is 34.6 Å². The molecule has 0 spiro atoms. The van der Waals surface area contributed by atoms with Gasteiger partial charge in [0.1, 0.15) is 5.82 Å². The van der Waals surface area contributed by atoms with Gasteiger partial charge in [0.15, 0.2) is 0 Å². The second kappa shape index (κ2) is 7.11. The first kappa shape index (κ1) is 16.8. The molecule has 0 saturated heterocycles. The maximum absolute atomic E-state index is 13.7. The van der Waals surface area contributed by atoms with Gasteiger partial charge in [0.2, 0.25) is 0 Å². The number of benzene rings is 1. The Labute approximate surface area is 133 Å². The highest BCUT2D eigenvalue weighted by molar-refractivity contribution is 6.31. The molecule has 0 heterocycles. The van der Waals surface area contributed by atoms with Crippen molar-refractivity contribution < 1.29 is 4.39 Å². The summed E-state index contributed by atoms with van der Waals surface area (Å²) in [6.07, 6.45) is 7.18. The van der Waals surface area contributed by atoms with E-state index in [1.165, 1.54) is 38.2 Å². The van der Waals surface area contributed by atoms with E-state index in [2.05, 4.69) is 19.2 Å². The van der Waals surface area contributed by atoms with E-state index in [-0.39, 0.29) is 10.8 Å². The number of nitrogens with one attached hydrogen (secondary N) is 1. The van der Waals surface area contributed by atoms with E-state index < -0.39 is 0 Å². The highest BCUT2D eigenvalue weighted by Crippen LogP contribution is 2.47. The zero-order valence-electron chi connectivity index (χ0n) is 13.4. The molecular formula is C18H27ClFN. The Kier molecular flexibility index (Phi) is 5.67. The largest absolute Gasteiger partial charge is 0.316 e. The zero-order chi connectivity index (χ0) is 15.5. The summed E-state index contributed by atoms with van der Waals surface area (Å²) < 4.78 is 13.7. The van der Waals surface area contributed by atoms with Crippen LogP contribution in [0.15, 0.2) is 18.2 Å². The Morgan fingerprint density at radius 1 is 1.29 bits per heavy atom. The molecule has 1 unspecified atom stereocenters. The molecule has 0 radical (unpaired) electrons. The molecule has 1 nitrogen and oxygen atoms in total. The molecular weight excluding hydrogens is 285 g/mol. The smallest absolute Gasteiger partial charge is 0.142 e. The molecule has 1 aliphatic rings. The fourth-order valence-corrected chi connectivity index (χ4v) is 4.34. The van der Waals surface area contributed by atoms with Gasteiger partial charge < -0.3 is 5.32 Å². The monoisotopic (exact) mass is 311 g/mol. The summed E-state index contributed by atoms with van der Waals surface area (Å²) in [7, 11) is 2.03. The quantitative estimate of drug-likeness (QED) is 0.760. The van der Waals surface area contributed by atoms with Gasteiger partial charge in [-0.05, 0) is 55.7 Å². The maximum Gasteiger partial charge on any atom is 0.142 e. The predicted molar refractivity (Wildman–Crippen MR) is 88.3 cm³/mol. The molecule has 2 rings (SSSR count). The van der Waals surface area contributed by atoms with Crippen LogP contribution in [-0.4, -0.2) is 13.1 Å². The molecule has 1 saturated carbocycles. The van der Waals surface area contributed by atoms with Gasteiger partial charge in [-0.2, -0.15) is 0 Å².